The van der Waals surface area contributed by atoms with Gasteiger partial charge in [-0.3, -0.25) is 0 Å². The number of aromatic nitrogens is 2. The van der Waals surface area contributed by atoms with Crippen molar-refractivity contribution in [2.45, 2.75) is 20.3 Å². The number of nitrogens with one attached hydrogen (secondary N) is 1. The van der Waals surface area contributed by atoms with Crippen molar-refractivity contribution < 1.29 is 4.39 Å². The maximum Gasteiger partial charge on any atom is 0.152 e. The molecule has 0 spiro atoms. The maximum absolute atomic E-state index is 13.9. The van der Waals surface area contributed by atoms with Crippen LogP contribution in [0.15, 0.2) is 18.2 Å². The minimum Gasteiger partial charge on any atom is -0.316 e. The Balaban J connectivity index is 2.00. The monoisotopic (exact) mass is 313 g/mol. The van der Waals surface area contributed by atoms with Crippen molar-refractivity contribution in [3.05, 3.63) is 34.0 Å². The summed E-state index contributed by atoms with van der Waals surface area (Å²) in [7, 11) is 0. The summed E-state index contributed by atoms with van der Waals surface area (Å²) >= 11 is 7.18. The number of hydrogen-bond donors (Lipinski definition) is 1. The van der Waals surface area contributed by atoms with Gasteiger partial charge in [0.1, 0.15) is 5.01 Å². The zero-order valence-electron chi connectivity index (χ0n) is 11.5. The lowest BCUT2D eigenvalue weighted by molar-refractivity contribution is 0.553. The minimum absolute atomic E-state index is 0.109. The van der Waals surface area contributed by atoms with Crippen LogP contribution in [-0.2, 0) is 6.42 Å². The second kappa shape index (κ2) is 7.11. The maximum atomic E-state index is 13.9. The van der Waals surface area contributed by atoms with E-state index in [9.17, 15) is 4.39 Å². The largest absolute Gasteiger partial charge is 0.316 e. The van der Waals surface area contributed by atoms with Crippen molar-refractivity contribution in [3.63, 3.8) is 0 Å². The van der Waals surface area contributed by atoms with Crippen LogP contribution in [0.4, 0.5) is 4.39 Å². The summed E-state index contributed by atoms with van der Waals surface area (Å²) in [5.41, 5.74) is 0.413. The lowest BCUT2D eigenvalue weighted by Crippen LogP contribution is -2.22. The van der Waals surface area contributed by atoms with E-state index in [1.165, 1.54) is 17.4 Å². The van der Waals surface area contributed by atoms with Crippen LogP contribution in [-0.4, -0.2) is 23.3 Å². The fourth-order valence-corrected chi connectivity index (χ4v) is 2.75. The Morgan fingerprint density at radius 3 is 2.90 bits per heavy atom. The molecule has 1 N–H and O–H groups in total. The SMILES string of the molecule is CC(C)CNCCc1nnc(-c2cccc(Cl)c2F)s1. The predicted molar refractivity (Wildman–Crippen MR) is 81.7 cm³/mol. The van der Waals surface area contributed by atoms with Crippen LogP contribution < -0.4 is 5.32 Å². The third kappa shape index (κ3) is 3.98. The second-order valence-corrected chi connectivity index (χ2v) is 6.42. The van der Waals surface area contributed by atoms with Crippen molar-refractivity contribution in [3.8, 4) is 10.6 Å². The quantitative estimate of drug-likeness (QED) is 0.825. The summed E-state index contributed by atoms with van der Waals surface area (Å²) < 4.78 is 13.9. The van der Waals surface area contributed by atoms with Crippen LogP contribution in [0, 0.1) is 11.7 Å². The van der Waals surface area contributed by atoms with Crippen LogP contribution in [0.25, 0.3) is 10.6 Å². The summed E-state index contributed by atoms with van der Waals surface area (Å²) in [5.74, 6) is 0.190. The molecule has 2 aromatic rings. The predicted octanol–water partition coefficient (Wildman–Crippen LogP) is 3.79. The lowest BCUT2D eigenvalue weighted by atomic mass is 10.2. The average molecular weight is 314 g/mol. The molecule has 6 heteroatoms. The zero-order valence-corrected chi connectivity index (χ0v) is 13.1. The first-order chi connectivity index (χ1) is 9.58. The van der Waals surface area contributed by atoms with E-state index in [2.05, 4.69) is 29.4 Å². The van der Waals surface area contributed by atoms with E-state index in [1.807, 2.05) is 0 Å². The molecule has 2 rings (SSSR count). The van der Waals surface area contributed by atoms with Gasteiger partial charge in [0, 0.05) is 18.5 Å². The zero-order chi connectivity index (χ0) is 14.5. The first kappa shape index (κ1) is 15.4. The highest BCUT2D eigenvalue weighted by Gasteiger charge is 2.13. The standard InChI is InChI=1S/C14H17ClFN3S/c1-9(2)8-17-7-6-12-18-19-14(20-12)10-4-3-5-11(15)13(10)16/h3-5,9,17H,6-8H2,1-2H3. The van der Waals surface area contributed by atoms with Gasteiger partial charge in [-0.15, -0.1) is 10.2 Å². The van der Waals surface area contributed by atoms with Gasteiger partial charge in [0.15, 0.2) is 10.8 Å². The molecule has 0 saturated carbocycles. The summed E-state index contributed by atoms with van der Waals surface area (Å²) in [6, 6.07) is 4.91. The van der Waals surface area contributed by atoms with Crippen molar-refractivity contribution in [2.24, 2.45) is 5.92 Å². The third-order valence-electron chi connectivity index (χ3n) is 2.72. The summed E-state index contributed by atoms with van der Waals surface area (Å²) in [4.78, 5) is 0. The molecule has 1 aromatic heterocycles. The van der Waals surface area contributed by atoms with E-state index in [4.69, 9.17) is 11.6 Å². The molecular weight excluding hydrogens is 297 g/mol. The van der Waals surface area contributed by atoms with Gasteiger partial charge in [0.25, 0.3) is 0 Å². The fraction of sp³-hybridized carbons (Fsp3) is 0.429. The molecule has 0 bridgehead atoms. The van der Waals surface area contributed by atoms with Gasteiger partial charge in [0.2, 0.25) is 0 Å². The molecule has 108 valence electrons. The van der Waals surface area contributed by atoms with Gasteiger partial charge in [-0.1, -0.05) is 42.9 Å². The van der Waals surface area contributed by atoms with Crippen molar-refractivity contribution >= 4 is 22.9 Å². The number of hydrogen-bond acceptors (Lipinski definition) is 4. The van der Waals surface area contributed by atoms with Crippen LogP contribution in [0.3, 0.4) is 0 Å². The van der Waals surface area contributed by atoms with E-state index in [0.717, 1.165) is 24.5 Å². The minimum atomic E-state index is -0.435. The topological polar surface area (TPSA) is 37.8 Å². The van der Waals surface area contributed by atoms with E-state index in [-0.39, 0.29) is 5.02 Å². The molecule has 3 nitrogen and oxygen atoms in total. The van der Waals surface area contributed by atoms with E-state index in [1.54, 1.807) is 12.1 Å². The molecule has 0 aliphatic heterocycles. The summed E-state index contributed by atoms with van der Waals surface area (Å²) in [6.07, 6.45) is 0.798. The number of rotatable bonds is 6. The van der Waals surface area contributed by atoms with Crippen LogP contribution in [0.5, 0.6) is 0 Å². The first-order valence-electron chi connectivity index (χ1n) is 6.55. The molecule has 0 fully saturated rings. The highest BCUT2D eigenvalue weighted by molar-refractivity contribution is 7.14. The van der Waals surface area contributed by atoms with Gasteiger partial charge in [0.05, 0.1) is 5.02 Å². The second-order valence-electron chi connectivity index (χ2n) is 4.95. The van der Waals surface area contributed by atoms with Gasteiger partial charge < -0.3 is 5.32 Å². The van der Waals surface area contributed by atoms with Gasteiger partial charge in [-0.05, 0) is 24.6 Å². The highest BCUT2D eigenvalue weighted by Crippen LogP contribution is 2.29. The Kier molecular flexibility index (Phi) is 5.46. The smallest absolute Gasteiger partial charge is 0.152 e. The molecule has 0 unspecified atom stereocenters. The Morgan fingerprint density at radius 2 is 2.15 bits per heavy atom. The molecule has 0 radical (unpaired) electrons. The molecule has 0 aliphatic rings. The average Bonchev–Trinajstić information content (AvgIpc) is 2.86. The molecule has 0 atom stereocenters. The van der Waals surface area contributed by atoms with Gasteiger partial charge in [-0.25, -0.2) is 4.39 Å². The van der Waals surface area contributed by atoms with Crippen LogP contribution >= 0.6 is 22.9 Å². The van der Waals surface area contributed by atoms with E-state index in [0.29, 0.717) is 16.5 Å². The van der Waals surface area contributed by atoms with E-state index < -0.39 is 5.82 Å². The third-order valence-corrected chi connectivity index (χ3v) is 4.03. The summed E-state index contributed by atoms with van der Waals surface area (Å²) in [5, 5.41) is 13.1. The molecule has 0 saturated heterocycles. The molecule has 1 heterocycles. The van der Waals surface area contributed by atoms with Crippen molar-refractivity contribution in [1.82, 2.24) is 15.5 Å². The number of benzene rings is 1. The molecule has 1 aromatic carbocycles. The molecular formula is C14H17ClFN3S. The first-order valence-corrected chi connectivity index (χ1v) is 7.75. The van der Waals surface area contributed by atoms with Gasteiger partial charge in [-0.2, -0.15) is 0 Å². The van der Waals surface area contributed by atoms with E-state index >= 15 is 0 Å². The Labute approximate surface area is 127 Å². The lowest BCUT2D eigenvalue weighted by Gasteiger charge is -2.05. The fourth-order valence-electron chi connectivity index (χ4n) is 1.72. The Bertz CT molecular complexity index is 571. The van der Waals surface area contributed by atoms with Gasteiger partial charge >= 0.3 is 0 Å². The normalized spacial score (nSPS) is 11.2. The Morgan fingerprint density at radius 1 is 1.35 bits per heavy atom. The molecule has 0 aliphatic carbocycles. The van der Waals surface area contributed by atoms with Crippen molar-refractivity contribution in [2.75, 3.05) is 13.1 Å². The number of halogens is 2. The summed E-state index contributed by atoms with van der Waals surface area (Å²) in [6.45, 7) is 6.16. The van der Waals surface area contributed by atoms with Crippen LogP contribution in [0.2, 0.25) is 5.02 Å². The highest BCUT2D eigenvalue weighted by atomic mass is 35.5. The van der Waals surface area contributed by atoms with Crippen molar-refractivity contribution in [1.29, 1.82) is 0 Å². The number of nitrogens with zero attached hydrogens (tertiary/aromatic N) is 2. The Hall–Kier alpha value is -1.04. The molecule has 0 amide bonds. The van der Waals surface area contributed by atoms with Crippen LogP contribution in [0.1, 0.15) is 18.9 Å². The molecule has 20 heavy (non-hydrogen) atoms.